The van der Waals surface area contributed by atoms with E-state index in [1.54, 1.807) is 18.7 Å². The summed E-state index contributed by atoms with van der Waals surface area (Å²) in [6.45, 7) is 2.94. The zero-order chi connectivity index (χ0) is 8.39. The predicted molar refractivity (Wildman–Crippen MR) is 45.5 cm³/mol. The van der Waals surface area contributed by atoms with Gasteiger partial charge in [0.2, 0.25) is 0 Å². The molecule has 0 aliphatic carbocycles. The number of hydrogen-bond donors (Lipinski definition) is 1. The van der Waals surface area contributed by atoms with Gasteiger partial charge in [-0.25, -0.2) is 4.98 Å². The third kappa shape index (κ3) is 1.01. The van der Waals surface area contributed by atoms with Crippen LogP contribution in [0.5, 0.6) is 0 Å². The highest BCUT2D eigenvalue weighted by Gasteiger charge is 2.03. The molecule has 2 rings (SSSR count). The van der Waals surface area contributed by atoms with Gasteiger partial charge in [0.25, 0.3) is 0 Å². The first-order valence-corrected chi connectivity index (χ1v) is 3.92. The van der Waals surface area contributed by atoms with Crippen LogP contribution in [0.1, 0.15) is 6.92 Å². The van der Waals surface area contributed by atoms with Crippen molar-refractivity contribution in [2.75, 3.05) is 0 Å². The van der Waals surface area contributed by atoms with Gasteiger partial charge in [-0.05, 0) is 13.0 Å². The van der Waals surface area contributed by atoms with Crippen LogP contribution in [0.4, 0.5) is 0 Å². The summed E-state index contributed by atoms with van der Waals surface area (Å²) in [6.07, 6.45) is 5.26. The lowest BCUT2D eigenvalue weighted by atomic mass is 10.3. The molecule has 0 bridgehead atoms. The summed E-state index contributed by atoms with van der Waals surface area (Å²) in [5.41, 5.74) is 2.09. The molecule has 1 N–H and O–H groups in total. The molecule has 12 heavy (non-hydrogen) atoms. The lowest BCUT2D eigenvalue weighted by Crippen LogP contribution is -1.98. The van der Waals surface area contributed by atoms with Crippen LogP contribution < -0.4 is 0 Å². The monoisotopic (exact) mass is 162 g/mol. The number of rotatable bonds is 2. The highest BCUT2D eigenvalue weighted by atomic mass is 15.3. The van der Waals surface area contributed by atoms with E-state index in [0.717, 1.165) is 17.9 Å². The molecule has 0 aromatic carbocycles. The normalized spacial score (nSPS) is 10.4. The van der Waals surface area contributed by atoms with Crippen LogP contribution in [0.3, 0.4) is 0 Å². The van der Waals surface area contributed by atoms with Crippen molar-refractivity contribution in [1.29, 1.82) is 0 Å². The number of aromatic nitrogens is 4. The van der Waals surface area contributed by atoms with Gasteiger partial charge in [-0.1, -0.05) is 0 Å². The molecule has 0 saturated carbocycles. The Kier molecular flexibility index (Phi) is 1.66. The minimum atomic E-state index is 0.876. The number of nitrogens with zero attached hydrogens (tertiary/aromatic N) is 3. The van der Waals surface area contributed by atoms with Gasteiger partial charge in [0, 0.05) is 12.7 Å². The summed E-state index contributed by atoms with van der Waals surface area (Å²) in [5, 5.41) is 4.16. The third-order valence-corrected chi connectivity index (χ3v) is 1.79. The summed E-state index contributed by atoms with van der Waals surface area (Å²) in [7, 11) is 0. The molecule has 2 aromatic rings. The molecule has 0 fully saturated rings. The molecule has 0 aliphatic rings. The standard InChI is InChI=1S/C8H10N4/c1-2-12-8(3-4-11-12)7-5-9-6-10-7/h3-6H,2H2,1H3,(H,9,10). The Balaban J connectivity index is 2.46. The fraction of sp³-hybridized carbons (Fsp3) is 0.250. The van der Waals surface area contributed by atoms with Crippen LogP contribution >= 0.6 is 0 Å². The molecular formula is C8H10N4. The molecule has 4 nitrogen and oxygen atoms in total. The maximum absolute atomic E-state index is 4.16. The smallest absolute Gasteiger partial charge is 0.0924 e. The molecule has 0 amide bonds. The van der Waals surface area contributed by atoms with Gasteiger partial charge < -0.3 is 4.98 Å². The van der Waals surface area contributed by atoms with Crippen LogP contribution in [0.15, 0.2) is 24.8 Å². The van der Waals surface area contributed by atoms with E-state index >= 15 is 0 Å². The first kappa shape index (κ1) is 7.09. The van der Waals surface area contributed by atoms with Crippen molar-refractivity contribution in [3.63, 3.8) is 0 Å². The number of hydrogen-bond acceptors (Lipinski definition) is 2. The number of nitrogens with one attached hydrogen (secondary N) is 1. The summed E-state index contributed by atoms with van der Waals surface area (Å²) in [5.74, 6) is 0. The summed E-state index contributed by atoms with van der Waals surface area (Å²) in [4.78, 5) is 7.00. The predicted octanol–water partition coefficient (Wildman–Crippen LogP) is 1.29. The highest BCUT2D eigenvalue weighted by molar-refractivity contribution is 5.52. The van der Waals surface area contributed by atoms with Crippen molar-refractivity contribution in [2.24, 2.45) is 0 Å². The maximum Gasteiger partial charge on any atom is 0.0924 e. The molecule has 0 unspecified atom stereocenters. The van der Waals surface area contributed by atoms with Gasteiger partial charge >= 0.3 is 0 Å². The minimum absolute atomic E-state index is 0.876. The highest BCUT2D eigenvalue weighted by Crippen LogP contribution is 2.14. The maximum atomic E-state index is 4.16. The molecule has 2 heterocycles. The van der Waals surface area contributed by atoms with E-state index in [1.807, 2.05) is 10.7 Å². The van der Waals surface area contributed by atoms with E-state index in [-0.39, 0.29) is 0 Å². The SMILES string of the molecule is CCn1nccc1-c1cnc[nH]1. The first-order valence-electron chi connectivity index (χ1n) is 3.92. The molecule has 4 heteroatoms. The number of imidazole rings is 1. The van der Waals surface area contributed by atoms with Crippen molar-refractivity contribution < 1.29 is 0 Å². The van der Waals surface area contributed by atoms with Gasteiger partial charge in [-0.2, -0.15) is 5.10 Å². The molecule has 0 saturated heterocycles. The van der Waals surface area contributed by atoms with E-state index in [9.17, 15) is 0 Å². The Morgan fingerprint density at radius 1 is 1.58 bits per heavy atom. The molecule has 0 spiro atoms. The Morgan fingerprint density at radius 2 is 2.50 bits per heavy atom. The van der Waals surface area contributed by atoms with Gasteiger partial charge in [-0.15, -0.1) is 0 Å². The minimum Gasteiger partial charge on any atom is -0.343 e. The summed E-state index contributed by atoms with van der Waals surface area (Å²) in [6, 6.07) is 1.97. The third-order valence-electron chi connectivity index (χ3n) is 1.79. The average Bonchev–Trinajstić information content (AvgIpc) is 2.74. The second kappa shape index (κ2) is 2.81. The Bertz CT molecular complexity index is 347. The van der Waals surface area contributed by atoms with Crippen LogP contribution in [-0.4, -0.2) is 19.7 Å². The van der Waals surface area contributed by atoms with Gasteiger partial charge in [-0.3, -0.25) is 4.68 Å². The van der Waals surface area contributed by atoms with Crippen molar-refractivity contribution in [2.45, 2.75) is 13.5 Å². The molecule has 62 valence electrons. The quantitative estimate of drug-likeness (QED) is 0.723. The topological polar surface area (TPSA) is 46.5 Å². The van der Waals surface area contributed by atoms with Crippen LogP contribution in [0.25, 0.3) is 11.4 Å². The van der Waals surface area contributed by atoms with E-state index in [2.05, 4.69) is 22.0 Å². The van der Waals surface area contributed by atoms with Crippen LogP contribution in [0, 0.1) is 0 Å². The van der Waals surface area contributed by atoms with E-state index < -0.39 is 0 Å². The lowest BCUT2D eigenvalue weighted by Gasteiger charge is -2.00. The molecular weight excluding hydrogens is 152 g/mol. The number of H-pyrrole nitrogens is 1. The Hall–Kier alpha value is -1.58. The summed E-state index contributed by atoms with van der Waals surface area (Å²) < 4.78 is 1.92. The van der Waals surface area contributed by atoms with Gasteiger partial charge in [0.15, 0.2) is 0 Å². The van der Waals surface area contributed by atoms with E-state index in [0.29, 0.717) is 0 Å². The second-order valence-corrected chi connectivity index (χ2v) is 2.50. The summed E-state index contributed by atoms with van der Waals surface area (Å²) >= 11 is 0. The largest absolute Gasteiger partial charge is 0.343 e. The van der Waals surface area contributed by atoms with Gasteiger partial charge in [0.05, 0.1) is 23.9 Å². The Labute approximate surface area is 70.3 Å². The second-order valence-electron chi connectivity index (χ2n) is 2.50. The molecule has 2 aromatic heterocycles. The molecule has 0 radical (unpaired) electrons. The van der Waals surface area contributed by atoms with Crippen LogP contribution in [0.2, 0.25) is 0 Å². The van der Waals surface area contributed by atoms with Crippen molar-refractivity contribution >= 4 is 0 Å². The molecule has 0 atom stereocenters. The van der Waals surface area contributed by atoms with E-state index in [1.165, 1.54) is 0 Å². The fourth-order valence-corrected chi connectivity index (χ4v) is 1.21. The first-order chi connectivity index (χ1) is 5.92. The average molecular weight is 162 g/mol. The van der Waals surface area contributed by atoms with Crippen molar-refractivity contribution in [3.8, 4) is 11.4 Å². The fourth-order valence-electron chi connectivity index (χ4n) is 1.21. The molecule has 0 aliphatic heterocycles. The zero-order valence-corrected chi connectivity index (χ0v) is 6.86. The number of aryl methyl sites for hydroxylation is 1. The van der Waals surface area contributed by atoms with Crippen molar-refractivity contribution in [1.82, 2.24) is 19.7 Å². The Morgan fingerprint density at radius 3 is 3.17 bits per heavy atom. The zero-order valence-electron chi connectivity index (χ0n) is 6.86. The van der Waals surface area contributed by atoms with Crippen LogP contribution in [-0.2, 0) is 6.54 Å². The van der Waals surface area contributed by atoms with E-state index in [4.69, 9.17) is 0 Å². The number of aromatic amines is 1. The van der Waals surface area contributed by atoms with Crippen molar-refractivity contribution in [3.05, 3.63) is 24.8 Å². The van der Waals surface area contributed by atoms with Gasteiger partial charge in [0.1, 0.15) is 0 Å². The lowest BCUT2D eigenvalue weighted by molar-refractivity contribution is 0.666.